The van der Waals surface area contributed by atoms with E-state index in [0.717, 1.165) is 36.6 Å². The number of alkyl halides is 3. The lowest BCUT2D eigenvalue weighted by Gasteiger charge is -2.27. The summed E-state index contributed by atoms with van der Waals surface area (Å²) >= 11 is 0. The van der Waals surface area contributed by atoms with Gasteiger partial charge in [0.2, 0.25) is 0 Å². The van der Waals surface area contributed by atoms with Crippen LogP contribution >= 0.6 is 0 Å². The molecule has 2 heterocycles. The van der Waals surface area contributed by atoms with Crippen molar-refractivity contribution >= 4 is 17.4 Å². The first-order chi connectivity index (χ1) is 14.9. The molecule has 9 heteroatoms. The fourth-order valence-corrected chi connectivity index (χ4v) is 3.20. The minimum atomic E-state index is -4.50. The summed E-state index contributed by atoms with van der Waals surface area (Å²) in [6, 6.07) is 14.9. The van der Waals surface area contributed by atoms with Crippen molar-refractivity contribution in [2.24, 2.45) is 0 Å². The second-order valence-corrected chi connectivity index (χ2v) is 6.99. The lowest BCUT2D eigenvalue weighted by atomic mass is 10.1. The number of carbonyl (C=O) groups is 1. The Morgan fingerprint density at radius 3 is 2.35 bits per heavy atom. The van der Waals surface area contributed by atoms with Crippen molar-refractivity contribution in [2.45, 2.75) is 6.18 Å². The van der Waals surface area contributed by atoms with Gasteiger partial charge in [-0.3, -0.25) is 4.79 Å². The molecule has 0 aliphatic carbocycles. The van der Waals surface area contributed by atoms with Crippen molar-refractivity contribution < 1.29 is 22.7 Å². The average molecular weight is 428 g/mol. The number of hydrogen-bond acceptors (Lipinski definition) is 5. The van der Waals surface area contributed by atoms with E-state index in [1.807, 2.05) is 12.1 Å². The second kappa shape index (κ2) is 8.73. The smallest absolute Gasteiger partial charge is 0.378 e. The van der Waals surface area contributed by atoms with Crippen molar-refractivity contribution in [3.05, 3.63) is 71.8 Å². The first-order valence-corrected chi connectivity index (χ1v) is 9.66. The molecule has 1 aromatic heterocycles. The molecule has 1 fully saturated rings. The third-order valence-electron chi connectivity index (χ3n) is 4.88. The Hall–Kier alpha value is -3.46. The molecule has 160 valence electrons. The normalized spacial score (nSPS) is 14.4. The molecule has 1 N–H and O–H groups in total. The maximum atomic E-state index is 12.8. The Kier molecular flexibility index (Phi) is 5.85. The van der Waals surface area contributed by atoms with Gasteiger partial charge in [-0.15, -0.1) is 10.2 Å². The molecule has 0 saturated carbocycles. The van der Waals surface area contributed by atoms with Gasteiger partial charge in [-0.2, -0.15) is 13.2 Å². The molecule has 1 aliphatic heterocycles. The second-order valence-electron chi connectivity index (χ2n) is 6.99. The fourth-order valence-electron chi connectivity index (χ4n) is 3.20. The number of hydrogen-bond donors (Lipinski definition) is 1. The minimum Gasteiger partial charge on any atom is -0.378 e. The summed E-state index contributed by atoms with van der Waals surface area (Å²) in [6.45, 7) is 2.87. The van der Waals surface area contributed by atoms with Crippen LogP contribution < -0.4 is 10.2 Å². The van der Waals surface area contributed by atoms with Gasteiger partial charge in [0.1, 0.15) is 0 Å². The summed E-state index contributed by atoms with van der Waals surface area (Å²) in [5, 5.41) is 11.2. The molecule has 1 saturated heterocycles. The minimum absolute atomic E-state index is 0.0662. The molecule has 1 aliphatic rings. The summed E-state index contributed by atoms with van der Waals surface area (Å²) in [4.78, 5) is 14.4. The Bertz CT molecular complexity index is 1050. The van der Waals surface area contributed by atoms with Gasteiger partial charge in [-0.1, -0.05) is 18.2 Å². The number of morpholine rings is 1. The van der Waals surface area contributed by atoms with Crippen molar-refractivity contribution in [3.8, 4) is 11.3 Å². The lowest BCUT2D eigenvalue weighted by Crippen LogP contribution is -2.36. The Morgan fingerprint density at radius 2 is 1.71 bits per heavy atom. The average Bonchev–Trinajstić information content (AvgIpc) is 2.80. The maximum absolute atomic E-state index is 12.8. The van der Waals surface area contributed by atoms with Gasteiger partial charge in [-0.05, 0) is 42.5 Å². The van der Waals surface area contributed by atoms with E-state index in [1.165, 1.54) is 12.1 Å². The van der Waals surface area contributed by atoms with E-state index in [1.54, 1.807) is 24.3 Å². The van der Waals surface area contributed by atoms with Crippen LogP contribution in [-0.2, 0) is 10.9 Å². The molecule has 6 nitrogen and oxygen atoms in total. The molecule has 0 radical (unpaired) electrons. The topological polar surface area (TPSA) is 67.4 Å². The SMILES string of the molecule is O=C(Nc1ccc(-c2ccc(N3CCOCC3)nn2)cc1)c1cccc(C(F)(F)F)c1. The molecule has 4 rings (SSSR count). The monoisotopic (exact) mass is 428 g/mol. The number of aromatic nitrogens is 2. The van der Waals surface area contributed by atoms with Crippen LogP contribution in [0.5, 0.6) is 0 Å². The van der Waals surface area contributed by atoms with Crippen LogP contribution in [0.25, 0.3) is 11.3 Å². The van der Waals surface area contributed by atoms with E-state index in [4.69, 9.17) is 4.74 Å². The third kappa shape index (κ3) is 5.00. The molecule has 0 bridgehead atoms. The highest BCUT2D eigenvalue weighted by molar-refractivity contribution is 6.04. The highest BCUT2D eigenvalue weighted by Gasteiger charge is 2.30. The summed E-state index contributed by atoms with van der Waals surface area (Å²) < 4.78 is 43.9. The summed E-state index contributed by atoms with van der Waals surface area (Å²) in [6.07, 6.45) is -4.50. The molecule has 1 amide bonds. The first-order valence-electron chi connectivity index (χ1n) is 9.66. The van der Waals surface area contributed by atoms with Crippen LogP contribution in [0, 0.1) is 0 Å². The zero-order valence-corrected chi connectivity index (χ0v) is 16.4. The summed E-state index contributed by atoms with van der Waals surface area (Å²) in [5.74, 6) is 0.172. The van der Waals surface area contributed by atoms with Gasteiger partial charge >= 0.3 is 6.18 Å². The van der Waals surface area contributed by atoms with Gasteiger partial charge in [0.05, 0.1) is 24.5 Å². The predicted molar refractivity (Wildman–Crippen MR) is 110 cm³/mol. The predicted octanol–water partition coefficient (Wildman–Crippen LogP) is 4.25. The number of nitrogens with zero attached hydrogens (tertiary/aromatic N) is 3. The van der Waals surface area contributed by atoms with Gasteiger partial charge in [-0.25, -0.2) is 0 Å². The number of benzene rings is 2. The quantitative estimate of drug-likeness (QED) is 0.673. The molecular weight excluding hydrogens is 409 g/mol. The number of nitrogens with one attached hydrogen (secondary N) is 1. The number of anilines is 2. The number of halogens is 3. The number of ether oxygens (including phenoxy) is 1. The molecule has 0 unspecified atom stereocenters. The molecule has 0 atom stereocenters. The largest absolute Gasteiger partial charge is 0.416 e. The standard InChI is InChI=1S/C22H19F3N4O2/c23-22(24,25)17-3-1-2-16(14-17)21(30)26-18-6-4-15(5-7-18)19-8-9-20(28-27-19)29-10-12-31-13-11-29/h1-9,14H,10-13H2,(H,26,30). The molecule has 0 spiro atoms. The van der Waals surface area contributed by atoms with Crippen molar-refractivity contribution in [1.82, 2.24) is 10.2 Å². The van der Waals surface area contributed by atoms with Crippen LogP contribution in [-0.4, -0.2) is 42.4 Å². The highest BCUT2D eigenvalue weighted by atomic mass is 19.4. The molecule has 3 aromatic rings. The van der Waals surface area contributed by atoms with Crippen LogP contribution in [0.15, 0.2) is 60.7 Å². The maximum Gasteiger partial charge on any atom is 0.416 e. The summed E-state index contributed by atoms with van der Waals surface area (Å²) in [5.41, 5.74) is 1.01. The van der Waals surface area contributed by atoms with E-state index >= 15 is 0 Å². The number of carbonyl (C=O) groups excluding carboxylic acids is 1. The van der Waals surface area contributed by atoms with Gasteiger partial charge in [0, 0.05) is 29.9 Å². The van der Waals surface area contributed by atoms with E-state index in [0.29, 0.717) is 24.6 Å². The lowest BCUT2D eigenvalue weighted by molar-refractivity contribution is -0.137. The van der Waals surface area contributed by atoms with Crippen molar-refractivity contribution in [1.29, 1.82) is 0 Å². The number of amides is 1. The van der Waals surface area contributed by atoms with Gasteiger partial charge < -0.3 is 15.0 Å². The zero-order chi connectivity index (χ0) is 21.8. The Labute approximate surface area is 176 Å². The zero-order valence-electron chi connectivity index (χ0n) is 16.4. The van der Waals surface area contributed by atoms with Crippen LogP contribution in [0.2, 0.25) is 0 Å². The molecule has 2 aromatic carbocycles. The van der Waals surface area contributed by atoms with E-state index in [-0.39, 0.29) is 5.56 Å². The molecular formula is C22H19F3N4O2. The van der Waals surface area contributed by atoms with Gasteiger partial charge in [0.25, 0.3) is 5.91 Å². The van der Waals surface area contributed by atoms with E-state index in [2.05, 4.69) is 20.4 Å². The van der Waals surface area contributed by atoms with Gasteiger partial charge in [0.15, 0.2) is 5.82 Å². The Morgan fingerprint density at radius 1 is 0.968 bits per heavy atom. The highest BCUT2D eigenvalue weighted by Crippen LogP contribution is 2.29. The summed E-state index contributed by atoms with van der Waals surface area (Å²) in [7, 11) is 0. The van der Waals surface area contributed by atoms with Crippen molar-refractivity contribution in [2.75, 3.05) is 36.5 Å². The van der Waals surface area contributed by atoms with Crippen LogP contribution in [0.1, 0.15) is 15.9 Å². The van der Waals surface area contributed by atoms with E-state index < -0.39 is 17.6 Å². The van der Waals surface area contributed by atoms with Crippen LogP contribution in [0.4, 0.5) is 24.7 Å². The number of rotatable bonds is 4. The third-order valence-corrected chi connectivity index (χ3v) is 4.88. The Balaban J connectivity index is 1.43. The van der Waals surface area contributed by atoms with E-state index in [9.17, 15) is 18.0 Å². The first kappa shape index (κ1) is 20.8. The fraction of sp³-hybridized carbons (Fsp3) is 0.227. The van der Waals surface area contributed by atoms with Crippen LogP contribution in [0.3, 0.4) is 0 Å². The molecule has 31 heavy (non-hydrogen) atoms. The van der Waals surface area contributed by atoms with Crippen molar-refractivity contribution in [3.63, 3.8) is 0 Å².